The molecular weight excluding hydrogens is 338 g/mol. The van der Waals surface area contributed by atoms with Crippen molar-refractivity contribution >= 4 is 17.2 Å². The summed E-state index contributed by atoms with van der Waals surface area (Å²) >= 11 is 1.53. The van der Waals surface area contributed by atoms with E-state index in [4.69, 9.17) is 9.26 Å². The molecule has 1 amide bonds. The molecule has 6 nitrogen and oxygen atoms in total. The van der Waals surface area contributed by atoms with Gasteiger partial charge in [-0.05, 0) is 36.4 Å². The maximum Gasteiger partial charge on any atom is 0.261 e. The van der Waals surface area contributed by atoms with Crippen molar-refractivity contribution in [3.8, 4) is 16.5 Å². The van der Waals surface area contributed by atoms with Crippen molar-refractivity contribution in [2.24, 2.45) is 0 Å². The molecule has 0 aliphatic carbocycles. The Kier molecular flexibility index (Phi) is 5.45. The summed E-state index contributed by atoms with van der Waals surface area (Å²) in [7, 11) is 0. The van der Waals surface area contributed by atoms with Crippen LogP contribution in [-0.2, 0) is 11.3 Å². The third kappa shape index (κ3) is 4.24. The number of carbonyl (C=O) groups excluding carboxylic acids is 1. The molecule has 2 aromatic heterocycles. The Bertz CT molecular complexity index is 830. The van der Waals surface area contributed by atoms with Gasteiger partial charge in [-0.25, -0.2) is 0 Å². The van der Waals surface area contributed by atoms with E-state index in [1.807, 2.05) is 55.6 Å². The molecular formula is C18H19N3O3S. The molecule has 0 aliphatic heterocycles. The number of rotatable bonds is 7. The highest BCUT2D eigenvalue weighted by molar-refractivity contribution is 7.13. The predicted molar refractivity (Wildman–Crippen MR) is 95.3 cm³/mol. The first kappa shape index (κ1) is 17.2. The lowest BCUT2D eigenvalue weighted by molar-refractivity contribution is -0.128. The second kappa shape index (κ2) is 7.94. The third-order valence-electron chi connectivity index (χ3n) is 3.65. The van der Waals surface area contributed by atoms with E-state index >= 15 is 0 Å². The van der Waals surface area contributed by atoms with Crippen LogP contribution in [0, 0.1) is 6.92 Å². The van der Waals surface area contributed by atoms with Crippen LogP contribution in [0.3, 0.4) is 0 Å². The Morgan fingerprint density at radius 1 is 1.32 bits per heavy atom. The standard InChI is InChI=1S/C18H19N3O3S/c1-3-13(23-14-8-5-4-7-12(14)2)18(22)19-11-16-20-17(21-24-16)15-9-6-10-25-15/h4-10,13H,3,11H2,1-2H3,(H,19,22). The average molecular weight is 357 g/mol. The third-order valence-corrected chi connectivity index (χ3v) is 4.52. The van der Waals surface area contributed by atoms with Gasteiger partial charge in [0.15, 0.2) is 6.10 Å². The molecule has 130 valence electrons. The SMILES string of the molecule is CCC(Oc1ccccc1C)C(=O)NCc1nc(-c2cccs2)no1. The van der Waals surface area contributed by atoms with Crippen LogP contribution >= 0.6 is 11.3 Å². The molecule has 7 heteroatoms. The molecule has 0 radical (unpaired) electrons. The van der Waals surface area contributed by atoms with Crippen molar-refractivity contribution < 1.29 is 14.1 Å². The number of hydrogen-bond donors (Lipinski definition) is 1. The van der Waals surface area contributed by atoms with E-state index in [1.165, 1.54) is 11.3 Å². The van der Waals surface area contributed by atoms with Crippen LogP contribution in [-0.4, -0.2) is 22.2 Å². The van der Waals surface area contributed by atoms with Crippen molar-refractivity contribution in [1.82, 2.24) is 15.5 Å². The van der Waals surface area contributed by atoms with Crippen molar-refractivity contribution in [2.75, 3.05) is 0 Å². The zero-order chi connectivity index (χ0) is 17.6. The van der Waals surface area contributed by atoms with E-state index in [2.05, 4.69) is 15.5 Å². The first-order valence-corrected chi connectivity index (χ1v) is 8.91. The van der Waals surface area contributed by atoms with Crippen LogP contribution < -0.4 is 10.1 Å². The van der Waals surface area contributed by atoms with Crippen LogP contribution in [0.1, 0.15) is 24.8 Å². The summed E-state index contributed by atoms with van der Waals surface area (Å²) in [4.78, 5) is 17.6. The number of para-hydroxylation sites is 1. The van der Waals surface area contributed by atoms with Gasteiger partial charge in [0.25, 0.3) is 5.91 Å². The zero-order valence-corrected chi connectivity index (χ0v) is 14.9. The summed E-state index contributed by atoms with van der Waals surface area (Å²) < 4.78 is 11.0. The zero-order valence-electron chi connectivity index (χ0n) is 14.1. The maximum atomic E-state index is 12.4. The number of aromatic nitrogens is 2. The van der Waals surface area contributed by atoms with Gasteiger partial charge in [-0.15, -0.1) is 11.3 Å². The lowest BCUT2D eigenvalue weighted by Crippen LogP contribution is -2.37. The van der Waals surface area contributed by atoms with Gasteiger partial charge in [0, 0.05) is 0 Å². The molecule has 0 fully saturated rings. The van der Waals surface area contributed by atoms with Gasteiger partial charge in [-0.2, -0.15) is 4.98 Å². The molecule has 25 heavy (non-hydrogen) atoms. The van der Waals surface area contributed by atoms with E-state index in [1.54, 1.807) is 0 Å². The van der Waals surface area contributed by atoms with Gasteiger partial charge in [-0.1, -0.05) is 36.3 Å². The molecule has 1 atom stereocenters. The molecule has 0 saturated carbocycles. The fourth-order valence-corrected chi connectivity index (χ4v) is 2.92. The minimum Gasteiger partial charge on any atom is -0.480 e. The van der Waals surface area contributed by atoms with E-state index in [9.17, 15) is 4.79 Å². The van der Waals surface area contributed by atoms with Crippen LogP contribution in [0.2, 0.25) is 0 Å². The van der Waals surface area contributed by atoms with Crippen molar-refractivity contribution in [3.05, 3.63) is 53.2 Å². The molecule has 1 N–H and O–H groups in total. The van der Waals surface area contributed by atoms with Crippen LogP contribution in [0.25, 0.3) is 10.7 Å². The number of ether oxygens (including phenoxy) is 1. The summed E-state index contributed by atoms with van der Waals surface area (Å²) in [5, 5.41) is 8.66. The normalized spacial score (nSPS) is 11.9. The summed E-state index contributed by atoms with van der Waals surface area (Å²) in [5.74, 6) is 1.40. The smallest absolute Gasteiger partial charge is 0.261 e. The van der Waals surface area contributed by atoms with Crippen molar-refractivity contribution in [1.29, 1.82) is 0 Å². The molecule has 1 unspecified atom stereocenters. The molecule has 3 aromatic rings. The van der Waals surface area contributed by atoms with Gasteiger partial charge >= 0.3 is 0 Å². The van der Waals surface area contributed by atoms with Crippen LogP contribution in [0.4, 0.5) is 0 Å². The fraction of sp³-hybridized carbons (Fsp3) is 0.278. The summed E-state index contributed by atoms with van der Waals surface area (Å²) in [6.45, 7) is 4.03. The number of hydrogen-bond acceptors (Lipinski definition) is 6. The van der Waals surface area contributed by atoms with Crippen LogP contribution in [0.15, 0.2) is 46.3 Å². The highest BCUT2D eigenvalue weighted by Crippen LogP contribution is 2.21. The molecule has 3 rings (SSSR count). The molecule has 1 aromatic carbocycles. The minimum absolute atomic E-state index is 0.171. The van der Waals surface area contributed by atoms with Gasteiger partial charge in [-0.3, -0.25) is 4.79 Å². The minimum atomic E-state index is -0.569. The number of aryl methyl sites for hydroxylation is 1. The Morgan fingerprint density at radius 2 is 2.16 bits per heavy atom. The van der Waals surface area contributed by atoms with Gasteiger partial charge in [0.1, 0.15) is 5.75 Å². The first-order chi connectivity index (χ1) is 12.2. The lowest BCUT2D eigenvalue weighted by atomic mass is 10.2. The van der Waals surface area contributed by atoms with E-state index < -0.39 is 6.10 Å². The monoisotopic (exact) mass is 357 g/mol. The Labute approximate surface area is 149 Å². The van der Waals surface area contributed by atoms with E-state index in [0.29, 0.717) is 23.9 Å². The number of carbonyl (C=O) groups is 1. The first-order valence-electron chi connectivity index (χ1n) is 8.04. The Balaban J connectivity index is 1.58. The number of benzene rings is 1. The second-order valence-electron chi connectivity index (χ2n) is 5.49. The van der Waals surface area contributed by atoms with Crippen molar-refractivity contribution in [2.45, 2.75) is 32.9 Å². The predicted octanol–water partition coefficient (Wildman–Crippen LogP) is 3.58. The fourth-order valence-electron chi connectivity index (χ4n) is 2.27. The Morgan fingerprint density at radius 3 is 2.88 bits per heavy atom. The molecule has 0 aliphatic rings. The number of nitrogens with one attached hydrogen (secondary N) is 1. The number of amides is 1. The highest BCUT2D eigenvalue weighted by atomic mass is 32.1. The van der Waals surface area contributed by atoms with Gasteiger partial charge < -0.3 is 14.6 Å². The molecule has 2 heterocycles. The Hall–Kier alpha value is -2.67. The highest BCUT2D eigenvalue weighted by Gasteiger charge is 2.20. The second-order valence-corrected chi connectivity index (χ2v) is 6.43. The summed E-state index contributed by atoms with van der Waals surface area (Å²) in [6.07, 6.45) is -0.00875. The van der Waals surface area contributed by atoms with Crippen LogP contribution in [0.5, 0.6) is 5.75 Å². The average Bonchev–Trinajstić information content (AvgIpc) is 3.30. The lowest BCUT2D eigenvalue weighted by Gasteiger charge is -2.18. The van der Waals surface area contributed by atoms with E-state index in [0.717, 1.165) is 10.4 Å². The number of thiophene rings is 1. The quantitative estimate of drug-likeness (QED) is 0.699. The topological polar surface area (TPSA) is 77.2 Å². The molecule has 0 saturated heterocycles. The summed E-state index contributed by atoms with van der Waals surface area (Å²) in [5.41, 5.74) is 0.992. The largest absolute Gasteiger partial charge is 0.480 e. The van der Waals surface area contributed by atoms with Gasteiger partial charge in [0.2, 0.25) is 11.7 Å². The molecule has 0 spiro atoms. The summed E-state index contributed by atoms with van der Waals surface area (Å²) in [6, 6.07) is 11.5. The van der Waals surface area contributed by atoms with E-state index in [-0.39, 0.29) is 12.5 Å². The molecule has 0 bridgehead atoms. The van der Waals surface area contributed by atoms with Crippen molar-refractivity contribution in [3.63, 3.8) is 0 Å². The number of nitrogens with zero attached hydrogens (tertiary/aromatic N) is 2. The maximum absolute atomic E-state index is 12.4. The van der Waals surface area contributed by atoms with Gasteiger partial charge in [0.05, 0.1) is 11.4 Å².